The number of carbonyl (C=O) groups is 2. The smallest absolute Gasteiger partial charge is 0.226 e. The Hall–Kier alpha value is -3.78. The van der Waals surface area contributed by atoms with Crippen LogP contribution in [0, 0.1) is 0 Å². The van der Waals surface area contributed by atoms with Gasteiger partial charge >= 0.3 is 0 Å². The molecular formula is C26H14O2. The molecule has 0 saturated carbocycles. The number of hydrogen-bond donors (Lipinski definition) is 0. The Morgan fingerprint density at radius 2 is 0.714 bits per heavy atom. The second kappa shape index (κ2) is 5.37. The van der Waals surface area contributed by atoms with Gasteiger partial charge in [0.1, 0.15) is 0 Å². The van der Waals surface area contributed by atoms with Crippen molar-refractivity contribution in [2.24, 2.45) is 0 Å². The Bertz CT molecular complexity index is 1520. The van der Waals surface area contributed by atoms with Crippen LogP contribution in [0.3, 0.4) is 0 Å². The van der Waals surface area contributed by atoms with E-state index in [2.05, 4.69) is 60.7 Å². The molecule has 130 valence electrons. The number of fused-ring (bicyclic) bond motifs is 5. The molecule has 0 N–H and O–H groups in total. The van der Waals surface area contributed by atoms with Crippen molar-refractivity contribution in [2.75, 3.05) is 0 Å². The van der Waals surface area contributed by atoms with E-state index in [9.17, 15) is 9.59 Å². The van der Waals surface area contributed by atoms with Gasteiger partial charge in [0.25, 0.3) is 0 Å². The summed E-state index contributed by atoms with van der Waals surface area (Å²) < 4.78 is 0. The molecule has 0 radical (unpaired) electrons. The zero-order valence-corrected chi connectivity index (χ0v) is 14.9. The Labute approximate surface area is 160 Å². The summed E-state index contributed by atoms with van der Waals surface area (Å²) in [6.45, 7) is 0. The van der Waals surface area contributed by atoms with Gasteiger partial charge in [-0.3, -0.25) is 9.59 Å². The fraction of sp³-hybridized carbons (Fsp3) is 0. The summed E-state index contributed by atoms with van der Waals surface area (Å²) in [6.07, 6.45) is 2.88. The quantitative estimate of drug-likeness (QED) is 0.310. The number of Topliss-reactive ketones (excluding diaryl/α,β-unsaturated/α-hetero) is 2. The van der Waals surface area contributed by atoms with E-state index in [1.807, 2.05) is 12.1 Å². The molecule has 0 bridgehead atoms. The van der Waals surface area contributed by atoms with Crippen molar-refractivity contribution in [3.8, 4) is 0 Å². The minimum atomic E-state index is -0.453. The second-order valence-electron chi connectivity index (χ2n) is 7.44. The van der Waals surface area contributed by atoms with E-state index in [4.69, 9.17) is 0 Å². The maximum Gasteiger partial charge on any atom is 0.226 e. The van der Waals surface area contributed by atoms with Crippen molar-refractivity contribution in [1.82, 2.24) is 0 Å². The lowest BCUT2D eigenvalue weighted by Gasteiger charge is -2.08. The summed E-state index contributed by atoms with van der Waals surface area (Å²) >= 11 is 0. The first-order valence-corrected chi connectivity index (χ1v) is 9.26. The van der Waals surface area contributed by atoms with Crippen LogP contribution in [-0.2, 0) is 9.59 Å². The minimum Gasteiger partial charge on any atom is -0.286 e. The Morgan fingerprint density at radius 3 is 1.11 bits per heavy atom. The van der Waals surface area contributed by atoms with Gasteiger partial charge in [-0.05, 0) is 114 Å². The number of carbonyl (C=O) groups excluding carboxylic acids is 2. The van der Waals surface area contributed by atoms with E-state index in [1.165, 1.54) is 33.7 Å². The van der Waals surface area contributed by atoms with E-state index in [0.29, 0.717) is 0 Å². The molecule has 0 atom stereocenters. The van der Waals surface area contributed by atoms with Gasteiger partial charge < -0.3 is 0 Å². The van der Waals surface area contributed by atoms with Gasteiger partial charge in [-0.1, -0.05) is 24.3 Å². The minimum absolute atomic E-state index is 0.453. The van der Waals surface area contributed by atoms with Gasteiger partial charge in [0.2, 0.25) is 11.6 Å². The van der Waals surface area contributed by atoms with E-state index < -0.39 is 11.6 Å². The molecule has 0 unspecified atom stereocenters. The fourth-order valence-electron chi connectivity index (χ4n) is 4.21. The van der Waals surface area contributed by atoms with Gasteiger partial charge in [0.15, 0.2) is 0 Å². The third-order valence-electron chi connectivity index (χ3n) is 5.63. The SMILES string of the molecule is O=C1C=c2cc3cc4cc5cc6ccccc6cc5cc4cc3cc2=CC1=O. The normalized spacial score (nSPS) is 13.7. The van der Waals surface area contributed by atoms with Crippen LogP contribution < -0.4 is 10.4 Å². The van der Waals surface area contributed by atoms with Gasteiger partial charge in [0, 0.05) is 0 Å². The predicted molar refractivity (Wildman–Crippen MR) is 115 cm³/mol. The number of benzene rings is 5. The summed E-state index contributed by atoms with van der Waals surface area (Å²) in [5, 5.41) is 11.0. The summed E-state index contributed by atoms with van der Waals surface area (Å²) in [4.78, 5) is 23.4. The highest BCUT2D eigenvalue weighted by molar-refractivity contribution is 6.57. The number of hydrogen-bond acceptors (Lipinski definition) is 2. The van der Waals surface area contributed by atoms with Crippen molar-refractivity contribution in [2.45, 2.75) is 0 Å². The van der Waals surface area contributed by atoms with Gasteiger partial charge in [-0.15, -0.1) is 0 Å². The molecule has 5 aromatic carbocycles. The molecule has 6 rings (SSSR count). The molecule has 0 aliphatic heterocycles. The molecule has 5 aromatic rings. The molecule has 0 saturated heterocycles. The molecule has 28 heavy (non-hydrogen) atoms. The van der Waals surface area contributed by atoms with Crippen LogP contribution in [0.5, 0.6) is 0 Å². The standard InChI is InChI=1S/C26H14O2/c27-25-13-23-11-21-9-19-7-17-5-15-3-1-2-4-16(15)6-18(17)8-20(19)10-22(21)12-24(23)14-26(25)28/h1-14H. The first kappa shape index (κ1) is 15.3. The van der Waals surface area contributed by atoms with Crippen LogP contribution in [0.2, 0.25) is 0 Å². The molecule has 1 aliphatic rings. The molecule has 2 nitrogen and oxygen atoms in total. The average molecular weight is 358 g/mol. The molecule has 2 heteroatoms. The zero-order valence-electron chi connectivity index (χ0n) is 14.9. The van der Waals surface area contributed by atoms with Crippen molar-refractivity contribution in [1.29, 1.82) is 0 Å². The Kier molecular flexibility index (Phi) is 2.93. The molecular weight excluding hydrogens is 344 g/mol. The maximum absolute atomic E-state index is 11.7. The molecule has 1 aliphatic carbocycles. The highest BCUT2D eigenvalue weighted by Gasteiger charge is 2.12. The maximum atomic E-state index is 11.7. The van der Waals surface area contributed by atoms with Crippen LogP contribution >= 0.6 is 0 Å². The second-order valence-corrected chi connectivity index (χ2v) is 7.44. The van der Waals surface area contributed by atoms with Crippen LogP contribution in [0.25, 0.3) is 55.2 Å². The van der Waals surface area contributed by atoms with Crippen LogP contribution in [0.4, 0.5) is 0 Å². The average Bonchev–Trinajstić information content (AvgIpc) is 2.69. The first-order valence-electron chi connectivity index (χ1n) is 9.26. The molecule has 0 amide bonds. The number of ketones is 2. The topological polar surface area (TPSA) is 34.1 Å². The van der Waals surface area contributed by atoms with E-state index in [1.54, 1.807) is 0 Å². The Balaban J connectivity index is 1.70. The molecule has 0 fully saturated rings. The van der Waals surface area contributed by atoms with Gasteiger partial charge in [0.05, 0.1) is 0 Å². The van der Waals surface area contributed by atoms with Crippen molar-refractivity contribution in [3.05, 3.63) is 83.2 Å². The zero-order chi connectivity index (χ0) is 18.8. The van der Waals surface area contributed by atoms with Crippen LogP contribution in [0.15, 0.2) is 72.8 Å². The molecule has 0 spiro atoms. The fourth-order valence-corrected chi connectivity index (χ4v) is 4.21. The van der Waals surface area contributed by atoms with Gasteiger partial charge in [-0.25, -0.2) is 0 Å². The van der Waals surface area contributed by atoms with Crippen molar-refractivity contribution in [3.63, 3.8) is 0 Å². The van der Waals surface area contributed by atoms with E-state index in [-0.39, 0.29) is 0 Å². The predicted octanol–water partition coefficient (Wildman–Crippen LogP) is 4.01. The third-order valence-corrected chi connectivity index (χ3v) is 5.63. The highest BCUT2D eigenvalue weighted by Crippen LogP contribution is 2.29. The molecule has 0 heterocycles. The summed E-state index contributed by atoms with van der Waals surface area (Å²) in [5.74, 6) is -0.906. The lowest BCUT2D eigenvalue weighted by atomic mass is 9.96. The van der Waals surface area contributed by atoms with E-state index in [0.717, 1.165) is 32.0 Å². The van der Waals surface area contributed by atoms with Crippen LogP contribution in [0.1, 0.15) is 0 Å². The highest BCUT2D eigenvalue weighted by atomic mass is 16.2. The lowest BCUT2D eigenvalue weighted by Crippen LogP contribution is -2.33. The molecule has 0 aromatic heterocycles. The monoisotopic (exact) mass is 358 g/mol. The van der Waals surface area contributed by atoms with Gasteiger partial charge in [-0.2, -0.15) is 0 Å². The Morgan fingerprint density at radius 1 is 0.393 bits per heavy atom. The van der Waals surface area contributed by atoms with E-state index >= 15 is 0 Å². The largest absolute Gasteiger partial charge is 0.286 e. The third kappa shape index (κ3) is 2.21. The summed E-state index contributed by atoms with van der Waals surface area (Å²) in [7, 11) is 0. The first-order chi connectivity index (χ1) is 13.6. The van der Waals surface area contributed by atoms with Crippen molar-refractivity contribution < 1.29 is 9.59 Å². The lowest BCUT2D eigenvalue weighted by molar-refractivity contribution is -0.129. The van der Waals surface area contributed by atoms with Crippen LogP contribution in [-0.4, -0.2) is 11.6 Å². The summed E-state index contributed by atoms with van der Waals surface area (Å²) in [6, 6.07) is 25.6. The van der Waals surface area contributed by atoms with Crippen molar-refractivity contribution >= 4 is 66.8 Å². The number of rotatable bonds is 0. The summed E-state index contributed by atoms with van der Waals surface area (Å²) in [5.41, 5.74) is 0.